The van der Waals surface area contributed by atoms with Crippen LogP contribution in [-0.2, 0) is 0 Å². The van der Waals surface area contributed by atoms with Gasteiger partial charge in [0.25, 0.3) is 5.95 Å². The van der Waals surface area contributed by atoms with Gasteiger partial charge in [0, 0.05) is 19.1 Å². The third-order valence-electron chi connectivity index (χ3n) is 3.89. The predicted molar refractivity (Wildman–Crippen MR) is 82.7 cm³/mol. The third kappa shape index (κ3) is 3.05. The maximum absolute atomic E-state index is 4.29. The summed E-state index contributed by atoms with van der Waals surface area (Å²) < 4.78 is 1.84. The van der Waals surface area contributed by atoms with Gasteiger partial charge in [0.1, 0.15) is 0 Å². The molecule has 2 aromatic rings. The smallest absolute Gasteiger partial charge is 0.250 e. The van der Waals surface area contributed by atoms with Gasteiger partial charge in [-0.1, -0.05) is 30.2 Å². The Morgan fingerprint density at radius 2 is 2.19 bits per heavy atom. The van der Waals surface area contributed by atoms with E-state index in [-0.39, 0.29) is 0 Å². The maximum Gasteiger partial charge on any atom is 0.250 e. The van der Waals surface area contributed by atoms with E-state index in [1.807, 2.05) is 35.0 Å². The number of anilines is 1. The van der Waals surface area contributed by atoms with Crippen LogP contribution in [0.3, 0.4) is 0 Å². The molecule has 0 aliphatic carbocycles. The molecule has 0 amide bonds. The van der Waals surface area contributed by atoms with Crippen molar-refractivity contribution >= 4 is 5.95 Å². The SMILES string of the molecule is CCCN(c1nnnn1-c1ccccc1)C1CCCNC1. The fourth-order valence-electron chi connectivity index (χ4n) is 2.88. The van der Waals surface area contributed by atoms with Crippen molar-refractivity contribution in [2.45, 2.75) is 32.2 Å². The molecule has 0 bridgehead atoms. The van der Waals surface area contributed by atoms with E-state index in [1.54, 1.807) is 0 Å². The Morgan fingerprint density at radius 3 is 2.90 bits per heavy atom. The second-order valence-corrected chi connectivity index (χ2v) is 5.42. The van der Waals surface area contributed by atoms with E-state index in [2.05, 4.69) is 32.7 Å². The Balaban J connectivity index is 1.91. The van der Waals surface area contributed by atoms with E-state index in [0.29, 0.717) is 6.04 Å². The minimum absolute atomic E-state index is 0.465. The van der Waals surface area contributed by atoms with Crippen LogP contribution < -0.4 is 10.2 Å². The zero-order valence-electron chi connectivity index (χ0n) is 12.4. The second-order valence-electron chi connectivity index (χ2n) is 5.42. The van der Waals surface area contributed by atoms with Crippen molar-refractivity contribution < 1.29 is 0 Å². The molecule has 1 aliphatic heterocycles. The van der Waals surface area contributed by atoms with Crippen LogP contribution in [0.15, 0.2) is 30.3 Å². The van der Waals surface area contributed by atoms with Crippen LogP contribution in [0.25, 0.3) is 5.69 Å². The molecule has 0 radical (unpaired) electrons. The van der Waals surface area contributed by atoms with Crippen LogP contribution in [0, 0.1) is 0 Å². The van der Waals surface area contributed by atoms with Crippen molar-refractivity contribution in [2.24, 2.45) is 0 Å². The highest BCUT2D eigenvalue weighted by molar-refractivity contribution is 5.41. The first-order valence-corrected chi connectivity index (χ1v) is 7.71. The zero-order valence-corrected chi connectivity index (χ0v) is 12.4. The largest absolute Gasteiger partial charge is 0.335 e. The fraction of sp³-hybridized carbons (Fsp3) is 0.533. The van der Waals surface area contributed by atoms with Crippen LogP contribution in [0.1, 0.15) is 26.2 Å². The summed E-state index contributed by atoms with van der Waals surface area (Å²) in [5.41, 5.74) is 1.00. The van der Waals surface area contributed by atoms with Crippen molar-refractivity contribution in [3.8, 4) is 5.69 Å². The predicted octanol–water partition coefficient (Wildman–Crippen LogP) is 1.63. The van der Waals surface area contributed by atoms with Gasteiger partial charge in [-0.2, -0.15) is 4.68 Å². The minimum Gasteiger partial charge on any atom is -0.335 e. The Hall–Kier alpha value is -1.95. The first-order valence-electron chi connectivity index (χ1n) is 7.71. The third-order valence-corrected chi connectivity index (χ3v) is 3.89. The van der Waals surface area contributed by atoms with Crippen LogP contribution >= 0.6 is 0 Å². The quantitative estimate of drug-likeness (QED) is 0.905. The first-order chi connectivity index (χ1) is 10.4. The van der Waals surface area contributed by atoms with Crippen molar-refractivity contribution in [3.63, 3.8) is 0 Å². The minimum atomic E-state index is 0.465. The molecule has 1 aromatic heterocycles. The van der Waals surface area contributed by atoms with Gasteiger partial charge in [-0.25, -0.2) is 0 Å². The molecule has 1 aliphatic rings. The van der Waals surface area contributed by atoms with E-state index in [4.69, 9.17) is 0 Å². The van der Waals surface area contributed by atoms with Gasteiger partial charge in [0.15, 0.2) is 0 Å². The summed E-state index contributed by atoms with van der Waals surface area (Å²) >= 11 is 0. The summed E-state index contributed by atoms with van der Waals surface area (Å²) in [7, 11) is 0. The highest BCUT2D eigenvalue weighted by Crippen LogP contribution is 2.21. The number of aromatic nitrogens is 4. The molecule has 21 heavy (non-hydrogen) atoms. The fourth-order valence-corrected chi connectivity index (χ4v) is 2.88. The highest BCUT2D eigenvalue weighted by atomic mass is 15.6. The van der Waals surface area contributed by atoms with E-state index < -0.39 is 0 Å². The van der Waals surface area contributed by atoms with E-state index in [1.165, 1.54) is 12.8 Å². The van der Waals surface area contributed by atoms with Crippen molar-refractivity contribution in [2.75, 3.05) is 24.5 Å². The first kappa shape index (κ1) is 14.0. The highest BCUT2D eigenvalue weighted by Gasteiger charge is 2.25. The molecule has 112 valence electrons. The molecule has 1 saturated heterocycles. The van der Waals surface area contributed by atoms with Crippen molar-refractivity contribution in [3.05, 3.63) is 30.3 Å². The normalized spacial score (nSPS) is 18.6. The summed E-state index contributed by atoms with van der Waals surface area (Å²) in [6, 6.07) is 10.5. The van der Waals surface area contributed by atoms with Gasteiger partial charge in [0.05, 0.1) is 5.69 Å². The lowest BCUT2D eigenvalue weighted by Crippen LogP contribution is -2.47. The lowest BCUT2D eigenvalue weighted by molar-refractivity contribution is 0.425. The summed E-state index contributed by atoms with van der Waals surface area (Å²) in [4.78, 5) is 2.35. The summed E-state index contributed by atoms with van der Waals surface area (Å²) in [5, 5.41) is 15.8. The molecule has 0 saturated carbocycles. The number of para-hydroxylation sites is 1. The van der Waals surface area contributed by atoms with Gasteiger partial charge >= 0.3 is 0 Å². The molecule has 0 spiro atoms. The standard InChI is InChI=1S/C15H22N6/c1-2-11-20(14-9-6-10-16-12-14)15-17-18-19-21(15)13-7-4-3-5-8-13/h3-5,7-8,14,16H,2,6,9-12H2,1H3. The maximum atomic E-state index is 4.29. The van der Waals surface area contributed by atoms with Crippen LogP contribution in [0.2, 0.25) is 0 Å². The number of nitrogens with zero attached hydrogens (tertiary/aromatic N) is 5. The average molecular weight is 286 g/mol. The number of tetrazole rings is 1. The number of rotatable bonds is 5. The van der Waals surface area contributed by atoms with E-state index in [9.17, 15) is 0 Å². The Kier molecular flexibility index (Phi) is 4.45. The van der Waals surface area contributed by atoms with E-state index >= 15 is 0 Å². The molecule has 1 fully saturated rings. The van der Waals surface area contributed by atoms with Gasteiger partial charge in [-0.05, 0) is 48.4 Å². The molecule has 1 aromatic carbocycles. The Bertz CT molecular complexity index is 546. The number of benzene rings is 1. The molecule has 2 heterocycles. The van der Waals surface area contributed by atoms with Crippen LogP contribution in [-0.4, -0.2) is 45.9 Å². The molecule has 1 unspecified atom stereocenters. The summed E-state index contributed by atoms with van der Waals surface area (Å²) in [6.07, 6.45) is 3.48. The number of hydrogen-bond donors (Lipinski definition) is 1. The topological polar surface area (TPSA) is 58.9 Å². The Labute approximate surface area is 125 Å². The molecule has 3 rings (SSSR count). The Morgan fingerprint density at radius 1 is 1.33 bits per heavy atom. The van der Waals surface area contributed by atoms with E-state index in [0.717, 1.165) is 37.7 Å². The van der Waals surface area contributed by atoms with Gasteiger partial charge < -0.3 is 10.2 Å². The summed E-state index contributed by atoms with van der Waals surface area (Å²) in [5.74, 6) is 0.844. The summed E-state index contributed by atoms with van der Waals surface area (Å²) in [6.45, 7) is 5.28. The second kappa shape index (κ2) is 6.67. The number of piperidine rings is 1. The van der Waals surface area contributed by atoms with Crippen molar-refractivity contribution in [1.82, 2.24) is 25.5 Å². The monoisotopic (exact) mass is 286 g/mol. The van der Waals surface area contributed by atoms with Crippen LogP contribution in [0.5, 0.6) is 0 Å². The zero-order chi connectivity index (χ0) is 14.5. The molecular weight excluding hydrogens is 264 g/mol. The lowest BCUT2D eigenvalue weighted by Gasteiger charge is -2.34. The van der Waals surface area contributed by atoms with Gasteiger partial charge in [-0.15, -0.1) is 0 Å². The molecule has 6 heteroatoms. The molecule has 6 nitrogen and oxygen atoms in total. The number of nitrogens with one attached hydrogen (secondary N) is 1. The lowest BCUT2D eigenvalue weighted by atomic mass is 10.1. The average Bonchev–Trinajstić information content (AvgIpc) is 3.03. The van der Waals surface area contributed by atoms with Crippen molar-refractivity contribution in [1.29, 1.82) is 0 Å². The number of hydrogen-bond acceptors (Lipinski definition) is 5. The van der Waals surface area contributed by atoms with Gasteiger partial charge in [-0.3, -0.25) is 0 Å². The van der Waals surface area contributed by atoms with Gasteiger partial charge in [0.2, 0.25) is 0 Å². The van der Waals surface area contributed by atoms with Crippen LogP contribution in [0.4, 0.5) is 5.95 Å². The molecule has 1 atom stereocenters. The molecule has 1 N–H and O–H groups in total. The molecular formula is C15H22N6.